The number of rotatable bonds is 5. The quantitative estimate of drug-likeness (QED) is 0.644. The van der Waals surface area contributed by atoms with Gasteiger partial charge in [0.1, 0.15) is 0 Å². The Kier molecular flexibility index (Phi) is 6.00. The predicted octanol–water partition coefficient (Wildman–Crippen LogP) is 4.25. The number of amides is 1. The summed E-state index contributed by atoms with van der Waals surface area (Å²) in [5, 5.41) is 5.21. The van der Waals surface area contributed by atoms with Crippen LogP contribution in [-0.4, -0.2) is 18.5 Å². The van der Waals surface area contributed by atoms with Gasteiger partial charge < -0.3 is 10.1 Å². The van der Waals surface area contributed by atoms with E-state index in [-0.39, 0.29) is 0 Å². The first-order valence-corrected chi connectivity index (χ1v) is 7.81. The lowest BCUT2D eigenvalue weighted by Gasteiger charge is -2.07. The molecule has 1 aromatic carbocycles. The molecule has 0 fully saturated rings. The van der Waals surface area contributed by atoms with Crippen molar-refractivity contribution in [1.29, 1.82) is 0 Å². The van der Waals surface area contributed by atoms with E-state index in [0.717, 1.165) is 4.88 Å². The number of hydrogen-bond donors (Lipinski definition) is 1. The minimum absolute atomic E-state index is 0.310. The van der Waals surface area contributed by atoms with Gasteiger partial charge in [0.2, 0.25) is 0 Å². The first kappa shape index (κ1) is 16.5. The average Bonchev–Trinajstić information content (AvgIpc) is 2.99. The molecule has 1 N–H and O–H groups in total. The van der Waals surface area contributed by atoms with Gasteiger partial charge in [-0.05, 0) is 35.7 Å². The molecule has 4 nitrogen and oxygen atoms in total. The molecule has 0 saturated heterocycles. The van der Waals surface area contributed by atoms with Crippen molar-refractivity contribution in [3.63, 3.8) is 0 Å². The van der Waals surface area contributed by atoms with Gasteiger partial charge in [0.15, 0.2) is 6.61 Å². The Morgan fingerprint density at radius 2 is 2.09 bits per heavy atom. The van der Waals surface area contributed by atoms with Gasteiger partial charge in [0.05, 0.1) is 10.7 Å². The summed E-state index contributed by atoms with van der Waals surface area (Å²) in [7, 11) is 0. The van der Waals surface area contributed by atoms with Gasteiger partial charge in [-0.25, -0.2) is 4.79 Å². The Morgan fingerprint density at radius 1 is 1.27 bits per heavy atom. The van der Waals surface area contributed by atoms with Crippen LogP contribution in [0.1, 0.15) is 4.88 Å². The first-order chi connectivity index (χ1) is 10.5. The number of carbonyl (C=O) groups excluding carboxylic acids is 2. The Balaban J connectivity index is 1.81. The number of anilines is 1. The standard InChI is InChI=1S/C15H11Cl2NO3S/c16-10-3-5-13(12(17)8-10)18-14(19)9-21-15(20)6-4-11-2-1-7-22-11/h1-8H,9H2,(H,18,19)/b6-4+. The van der Waals surface area contributed by atoms with Gasteiger partial charge in [-0.15, -0.1) is 11.3 Å². The number of nitrogens with one attached hydrogen (secondary N) is 1. The van der Waals surface area contributed by atoms with Crippen LogP contribution >= 0.6 is 34.5 Å². The van der Waals surface area contributed by atoms with Crippen molar-refractivity contribution in [3.05, 3.63) is 56.7 Å². The highest BCUT2D eigenvalue weighted by molar-refractivity contribution is 7.10. The molecular weight excluding hydrogens is 345 g/mol. The van der Waals surface area contributed by atoms with Gasteiger partial charge in [-0.2, -0.15) is 0 Å². The molecule has 1 aromatic heterocycles. The van der Waals surface area contributed by atoms with Crippen LogP contribution in [0, 0.1) is 0 Å². The second-order valence-corrected chi connectivity index (χ2v) is 5.95. The van der Waals surface area contributed by atoms with E-state index in [0.29, 0.717) is 15.7 Å². The SMILES string of the molecule is O=C(COC(=O)/C=C/c1cccs1)Nc1ccc(Cl)cc1Cl. The van der Waals surface area contributed by atoms with Gasteiger partial charge in [-0.3, -0.25) is 4.79 Å². The highest BCUT2D eigenvalue weighted by Crippen LogP contribution is 2.25. The lowest BCUT2D eigenvalue weighted by atomic mass is 10.3. The van der Waals surface area contributed by atoms with Crippen LogP contribution in [0.25, 0.3) is 6.08 Å². The topological polar surface area (TPSA) is 55.4 Å². The molecule has 0 atom stereocenters. The molecule has 22 heavy (non-hydrogen) atoms. The van der Waals surface area contributed by atoms with Crippen molar-refractivity contribution in [3.8, 4) is 0 Å². The average molecular weight is 356 g/mol. The summed E-state index contributed by atoms with van der Waals surface area (Å²) < 4.78 is 4.84. The summed E-state index contributed by atoms with van der Waals surface area (Å²) in [4.78, 5) is 24.1. The molecule has 114 valence electrons. The van der Waals surface area contributed by atoms with Crippen molar-refractivity contribution in [2.24, 2.45) is 0 Å². The Morgan fingerprint density at radius 3 is 2.77 bits per heavy atom. The maximum Gasteiger partial charge on any atom is 0.331 e. The van der Waals surface area contributed by atoms with Crippen LogP contribution in [0.3, 0.4) is 0 Å². The van der Waals surface area contributed by atoms with E-state index < -0.39 is 18.5 Å². The number of thiophene rings is 1. The molecular formula is C15H11Cl2NO3S. The summed E-state index contributed by atoms with van der Waals surface area (Å²) in [5.41, 5.74) is 0.404. The van der Waals surface area contributed by atoms with Gasteiger partial charge >= 0.3 is 5.97 Å². The Labute approximate surface area is 141 Å². The van der Waals surface area contributed by atoms with Crippen molar-refractivity contribution in [2.45, 2.75) is 0 Å². The molecule has 1 amide bonds. The van der Waals surface area contributed by atoms with Crippen molar-refractivity contribution < 1.29 is 14.3 Å². The maximum atomic E-state index is 11.7. The molecule has 7 heteroatoms. The van der Waals surface area contributed by atoms with E-state index in [1.165, 1.54) is 23.5 Å². The van der Waals surface area contributed by atoms with Crippen LogP contribution in [0.2, 0.25) is 10.0 Å². The highest BCUT2D eigenvalue weighted by atomic mass is 35.5. The third-order valence-corrected chi connectivity index (χ3v) is 3.86. The van der Waals surface area contributed by atoms with Crippen molar-refractivity contribution in [2.75, 3.05) is 11.9 Å². The molecule has 0 unspecified atom stereocenters. The number of halogens is 2. The lowest BCUT2D eigenvalue weighted by Crippen LogP contribution is -2.20. The summed E-state index contributed by atoms with van der Waals surface area (Å²) in [5.74, 6) is -1.08. The van der Waals surface area contributed by atoms with Crippen LogP contribution < -0.4 is 5.32 Å². The minimum Gasteiger partial charge on any atom is -0.452 e. The summed E-state index contributed by atoms with van der Waals surface area (Å²) in [6.45, 7) is -0.396. The third kappa shape index (κ3) is 5.18. The summed E-state index contributed by atoms with van der Waals surface area (Å²) in [6.07, 6.45) is 2.90. The smallest absolute Gasteiger partial charge is 0.331 e. The first-order valence-electron chi connectivity index (χ1n) is 6.18. The molecule has 0 aliphatic rings. The number of hydrogen-bond acceptors (Lipinski definition) is 4. The molecule has 0 aliphatic carbocycles. The zero-order chi connectivity index (χ0) is 15.9. The number of esters is 1. The molecule has 0 radical (unpaired) electrons. The van der Waals surface area contributed by atoms with Crippen LogP contribution in [-0.2, 0) is 14.3 Å². The highest BCUT2D eigenvalue weighted by Gasteiger charge is 2.08. The third-order valence-electron chi connectivity index (χ3n) is 2.48. The van der Waals surface area contributed by atoms with E-state index in [9.17, 15) is 9.59 Å². The molecule has 1 heterocycles. The number of ether oxygens (including phenoxy) is 1. The molecule has 2 aromatic rings. The maximum absolute atomic E-state index is 11.7. The van der Waals surface area contributed by atoms with E-state index >= 15 is 0 Å². The Bertz CT molecular complexity index is 699. The molecule has 0 bridgehead atoms. The largest absolute Gasteiger partial charge is 0.452 e. The molecule has 2 rings (SSSR count). The van der Waals surface area contributed by atoms with E-state index in [1.54, 1.807) is 18.2 Å². The number of carbonyl (C=O) groups is 2. The second kappa shape index (κ2) is 7.98. The lowest BCUT2D eigenvalue weighted by molar-refractivity contribution is -0.142. The molecule has 0 spiro atoms. The Hall–Kier alpha value is -1.82. The van der Waals surface area contributed by atoms with E-state index in [2.05, 4.69) is 5.32 Å². The molecule has 0 saturated carbocycles. The van der Waals surface area contributed by atoms with Crippen molar-refractivity contribution >= 4 is 58.2 Å². The van der Waals surface area contributed by atoms with Crippen LogP contribution in [0.5, 0.6) is 0 Å². The van der Waals surface area contributed by atoms with Crippen LogP contribution in [0.4, 0.5) is 5.69 Å². The fraction of sp³-hybridized carbons (Fsp3) is 0.0667. The zero-order valence-corrected chi connectivity index (χ0v) is 13.5. The van der Waals surface area contributed by atoms with Crippen LogP contribution in [0.15, 0.2) is 41.8 Å². The second-order valence-electron chi connectivity index (χ2n) is 4.13. The summed E-state index contributed by atoms with van der Waals surface area (Å²) >= 11 is 13.2. The zero-order valence-electron chi connectivity index (χ0n) is 11.2. The predicted molar refractivity (Wildman–Crippen MR) is 89.4 cm³/mol. The van der Waals surface area contributed by atoms with Gasteiger partial charge in [-0.1, -0.05) is 29.3 Å². The van der Waals surface area contributed by atoms with E-state index in [4.69, 9.17) is 27.9 Å². The monoisotopic (exact) mass is 355 g/mol. The van der Waals surface area contributed by atoms with Gasteiger partial charge in [0.25, 0.3) is 5.91 Å². The fourth-order valence-electron chi connectivity index (χ4n) is 1.50. The summed E-state index contributed by atoms with van der Waals surface area (Å²) in [6, 6.07) is 8.41. The van der Waals surface area contributed by atoms with Gasteiger partial charge in [0, 0.05) is 16.0 Å². The minimum atomic E-state index is -0.592. The van der Waals surface area contributed by atoms with Crippen molar-refractivity contribution in [1.82, 2.24) is 0 Å². The fourth-order valence-corrected chi connectivity index (χ4v) is 2.57. The van der Waals surface area contributed by atoms with E-state index in [1.807, 2.05) is 17.5 Å². The normalized spacial score (nSPS) is 10.6. The number of benzene rings is 1. The molecule has 0 aliphatic heterocycles.